The van der Waals surface area contributed by atoms with Crippen LogP contribution in [0, 0.1) is 5.41 Å². The number of thiazole rings is 1. The average Bonchev–Trinajstić information content (AvgIpc) is 3.22. The van der Waals surface area contributed by atoms with Crippen molar-refractivity contribution in [2.24, 2.45) is 5.41 Å². The molecule has 2 aromatic rings. The number of fused-ring (bicyclic) bond motifs is 1. The van der Waals surface area contributed by atoms with Gasteiger partial charge in [0.25, 0.3) is 0 Å². The van der Waals surface area contributed by atoms with Crippen molar-refractivity contribution in [2.45, 2.75) is 32.1 Å². The number of likely N-dealkylation sites (tertiary alicyclic amines) is 2. The number of aromatic nitrogens is 1. The Balaban J connectivity index is 1.38. The second kappa shape index (κ2) is 6.41. The smallest absolute Gasteiger partial charge is 0.230 e. The Labute approximate surface area is 151 Å². The van der Waals surface area contributed by atoms with Gasteiger partial charge in [0.1, 0.15) is 0 Å². The molecule has 2 amide bonds. The number of hydrogen-bond acceptors (Lipinski definition) is 4. The van der Waals surface area contributed by atoms with E-state index < -0.39 is 0 Å². The van der Waals surface area contributed by atoms with Gasteiger partial charge in [-0.25, -0.2) is 4.98 Å². The molecule has 1 spiro atoms. The zero-order chi connectivity index (χ0) is 17.4. The molecular formula is C19H23N3O2S. The standard InChI is InChI=1S/C19H23N3O2S/c1-21-11-4-9-19(18(21)24)10-12-22(13-19)17(23)8-7-16-20-14-5-2-3-6-15(14)25-16/h2-3,5-6H,4,7-13H2,1H3/t19-/m0/s1. The Morgan fingerprint density at radius 1 is 1.28 bits per heavy atom. The summed E-state index contributed by atoms with van der Waals surface area (Å²) < 4.78 is 1.17. The van der Waals surface area contributed by atoms with Gasteiger partial charge in [0.05, 0.1) is 20.6 Å². The summed E-state index contributed by atoms with van der Waals surface area (Å²) in [4.78, 5) is 33.5. The summed E-state index contributed by atoms with van der Waals surface area (Å²) in [7, 11) is 1.88. The lowest BCUT2D eigenvalue weighted by molar-refractivity contribution is -0.144. The number of carbonyl (C=O) groups excluding carboxylic acids is 2. The third kappa shape index (κ3) is 3.03. The van der Waals surface area contributed by atoms with Gasteiger partial charge in [-0.3, -0.25) is 9.59 Å². The zero-order valence-electron chi connectivity index (χ0n) is 14.5. The fraction of sp³-hybridized carbons (Fsp3) is 0.526. The number of piperidine rings is 1. The van der Waals surface area contributed by atoms with E-state index in [0.29, 0.717) is 25.9 Å². The molecule has 0 N–H and O–H groups in total. The van der Waals surface area contributed by atoms with Crippen molar-refractivity contribution >= 4 is 33.4 Å². The molecular weight excluding hydrogens is 334 g/mol. The second-order valence-electron chi connectivity index (χ2n) is 7.25. The molecule has 1 aromatic carbocycles. The number of amides is 2. The number of aryl methyl sites for hydroxylation is 1. The predicted molar refractivity (Wildman–Crippen MR) is 98.4 cm³/mol. The highest BCUT2D eigenvalue weighted by atomic mass is 32.1. The van der Waals surface area contributed by atoms with E-state index in [9.17, 15) is 9.59 Å². The molecule has 0 saturated carbocycles. The quantitative estimate of drug-likeness (QED) is 0.849. The van der Waals surface area contributed by atoms with Crippen LogP contribution in [0.15, 0.2) is 24.3 Å². The highest BCUT2D eigenvalue weighted by Crippen LogP contribution is 2.39. The summed E-state index contributed by atoms with van der Waals surface area (Å²) in [5.74, 6) is 0.373. The number of benzene rings is 1. The molecule has 132 valence electrons. The highest BCUT2D eigenvalue weighted by Gasteiger charge is 2.48. The Morgan fingerprint density at radius 2 is 2.12 bits per heavy atom. The number of nitrogens with zero attached hydrogens (tertiary/aromatic N) is 3. The lowest BCUT2D eigenvalue weighted by atomic mass is 9.78. The summed E-state index contributed by atoms with van der Waals surface area (Å²) in [6.07, 6.45) is 3.91. The minimum absolute atomic E-state index is 0.150. The Kier molecular flexibility index (Phi) is 4.23. The van der Waals surface area contributed by atoms with Crippen molar-refractivity contribution in [3.8, 4) is 0 Å². The van der Waals surface area contributed by atoms with E-state index in [0.717, 1.165) is 36.3 Å². The summed E-state index contributed by atoms with van der Waals surface area (Å²) in [6, 6.07) is 8.07. The maximum Gasteiger partial charge on any atom is 0.230 e. The van der Waals surface area contributed by atoms with Gasteiger partial charge in [0.2, 0.25) is 11.8 Å². The molecule has 1 atom stereocenters. The Morgan fingerprint density at radius 3 is 2.96 bits per heavy atom. The SMILES string of the molecule is CN1CCC[C@@]2(CCN(C(=O)CCc3nc4ccccc4s3)C2)C1=O. The van der Waals surface area contributed by atoms with Crippen molar-refractivity contribution in [1.29, 1.82) is 0 Å². The van der Waals surface area contributed by atoms with E-state index in [1.807, 2.05) is 35.0 Å². The third-order valence-electron chi connectivity index (χ3n) is 5.55. The van der Waals surface area contributed by atoms with Crippen molar-refractivity contribution in [3.05, 3.63) is 29.3 Å². The van der Waals surface area contributed by atoms with Gasteiger partial charge in [-0.1, -0.05) is 12.1 Å². The van der Waals surface area contributed by atoms with Gasteiger partial charge < -0.3 is 9.80 Å². The molecule has 2 saturated heterocycles. The monoisotopic (exact) mass is 357 g/mol. The molecule has 2 fully saturated rings. The normalized spacial score (nSPS) is 23.8. The summed E-state index contributed by atoms with van der Waals surface area (Å²) >= 11 is 1.66. The van der Waals surface area contributed by atoms with Gasteiger partial charge in [-0.05, 0) is 31.4 Å². The van der Waals surface area contributed by atoms with Crippen molar-refractivity contribution in [2.75, 3.05) is 26.7 Å². The predicted octanol–water partition coefficient (Wildman–Crippen LogP) is 2.70. The number of carbonyl (C=O) groups is 2. The molecule has 6 heteroatoms. The lowest BCUT2D eigenvalue weighted by Gasteiger charge is -2.37. The van der Waals surface area contributed by atoms with E-state index in [1.54, 1.807) is 11.3 Å². The van der Waals surface area contributed by atoms with E-state index in [2.05, 4.69) is 11.1 Å². The van der Waals surface area contributed by atoms with Crippen molar-refractivity contribution in [3.63, 3.8) is 0 Å². The first-order valence-corrected chi connectivity index (χ1v) is 9.77. The minimum atomic E-state index is -0.321. The molecule has 4 rings (SSSR count). The second-order valence-corrected chi connectivity index (χ2v) is 8.37. The summed E-state index contributed by atoms with van der Waals surface area (Å²) in [6.45, 7) is 2.14. The summed E-state index contributed by atoms with van der Waals surface area (Å²) in [5, 5.41) is 1.01. The first-order valence-electron chi connectivity index (χ1n) is 8.95. The topological polar surface area (TPSA) is 53.5 Å². The van der Waals surface area contributed by atoms with Crippen LogP contribution in [0.2, 0.25) is 0 Å². The van der Waals surface area contributed by atoms with Gasteiger partial charge in [-0.15, -0.1) is 11.3 Å². The largest absolute Gasteiger partial charge is 0.345 e. The third-order valence-corrected chi connectivity index (χ3v) is 6.64. The molecule has 0 bridgehead atoms. The van der Waals surface area contributed by atoms with Gasteiger partial charge in [0.15, 0.2) is 0 Å². The van der Waals surface area contributed by atoms with Crippen molar-refractivity contribution in [1.82, 2.24) is 14.8 Å². The molecule has 5 nitrogen and oxygen atoms in total. The number of rotatable bonds is 3. The molecule has 0 aliphatic carbocycles. The van der Waals surface area contributed by atoms with E-state index in [1.165, 1.54) is 4.70 Å². The lowest BCUT2D eigenvalue weighted by Crippen LogP contribution is -2.48. The Hall–Kier alpha value is -1.95. The highest BCUT2D eigenvalue weighted by molar-refractivity contribution is 7.18. The summed E-state index contributed by atoms with van der Waals surface area (Å²) in [5.41, 5.74) is 0.685. The van der Waals surface area contributed by atoms with Crippen LogP contribution >= 0.6 is 11.3 Å². The first kappa shape index (κ1) is 16.5. The number of hydrogen-bond donors (Lipinski definition) is 0. The fourth-order valence-corrected chi connectivity index (χ4v) is 5.10. The van der Waals surface area contributed by atoms with Crippen LogP contribution in [0.3, 0.4) is 0 Å². The number of para-hydroxylation sites is 1. The molecule has 2 aliphatic rings. The fourth-order valence-electron chi connectivity index (χ4n) is 4.13. The molecule has 0 unspecified atom stereocenters. The van der Waals surface area contributed by atoms with Crippen LogP contribution in [0.4, 0.5) is 0 Å². The maximum absolute atomic E-state index is 12.6. The van der Waals surface area contributed by atoms with E-state index in [4.69, 9.17) is 0 Å². The van der Waals surface area contributed by atoms with Crippen LogP contribution < -0.4 is 0 Å². The van der Waals surface area contributed by atoms with Crippen LogP contribution in [-0.4, -0.2) is 53.3 Å². The maximum atomic E-state index is 12.6. The molecule has 0 radical (unpaired) electrons. The van der Waals surface area contributed by atoms with Crippen molar-refractivity contribution < 1.29 is 9.59 Å². The van der Waals surface area contributed by atoms with Crippen LogP contribution in [-0.2, 0) is 16.0 Å². The van der Waals surface area contributed by atoms with Crippen LogP contribution in [0.1, 0.15) is 30.7 Å². The average molecular weight is 357 g/mol. The molecule has 1 aromatic heterocycles. The van der Waals surface area contributed by atoms with Crippen LogP contribution in [0.5, 0.6) is 0 Å². The van der Waals surface area contributed by atoms with E-state index >= 15 is 0 Å². The molecule has 3 heterocycles. The molecule has 25 heavy (non-hydrogen) atoms. The van der Waals surface area contributed by atoms with Gasteiger partial charge in [-0.2, -0.15) is 0 Å². The first-order chi connectivity index (χ1) is 12.1. The zero-order valence-corrected chi connectivity index (χ0v) is 15.3. The molecule has 2 aliphatic heterocycles. The minimum Gasteiger partial charge on any atom is -0.345 e. The van der Waals surface area contributed by atoms with E-state index in [-0.39, 0.29) is 17.2 Å². The van der Waals surface area contributed by atoms with Gasteiger partial charge >= 0.3 is 0 Å². The van der Waals surface area contributed by atoms with Crippen LogP contribution in [0.25, 0.3) is 10.2 Å². The van der Waals surface area contributed by atoms with Gasteiger partial charge in [0, 0.05) is 39.5 Å². The Bertz CT molecular complexity index is 785.